The standard InChI is InChI=1S/C15H16O4/c1-19-15-5-4-10(8-14(15)18)2-3-11-6-12(16)9-13(17)7-11/h2-6,8-9,11,16-18H,7H2,1H3. The Hall–Kier alpha value is -2.36. The van der Waals surface area contributed by atoms with Gasteiger partial charge in [-0.2, -0.15) is 0 Å². The van der Waals surface area contributed by atoms with Gasteiger partial charge in [-0.25, -0.2) is 0 Å². The van der Waals surface area contributed by atoms with Crippen molar-refractivity contribution >= 4 is 6.08 Å². The highest BCUT2D eigenvalue weighted by molar-refractivity contribution is 5.56. The van der Waals surface area contributed by atoms with Crippen molar-refractivity contribution in [2.75, 3.05) is 7.11 Å². The topological polar surface area (TPSA) is 69.9 Å². The molecule has 2 rings (SSSR count). The van der Waals surface area contributed by atoms with Crippen LogP contribution in [0.25, 0.3) is 6.08 Å². The maximum Gasteiger partial charge on any atom is 0.160 e. The van der Waals surface area contributed by atoms with Gasteiger partial charge in [-0.15, -0.1) is 0 Å². The Kier molecular flexibility index (Phi) is 3.80. The minimum Gasteiger partial charge on any atom is -0.512 e. The second-order valence-corrected chi connectivity index (χ2v) is 4.39. The van der Waals surface area contributed by atoms with E-state index in [1.54, 1.807) is 18.2 Å². The van der Waals surface area contributed by atoms with Gasteiger partial charge in [0, 0.05) is 18.4 Å². The molecule has 0 radical (unpaired) electrons. The molecule has 0 saturated heterocycles. The van der Waals surface area contributed by atoms with Gasteiger partial charge in [0.2, 0.25) is 0 Å². The summed E-state index contributed by atoms with van der Waals surface area (Å²) in [5, 5.41) is 28.5. The van der Waals surface area contributed by atoms with Gasteiger partial charge in [0.15, 0.2) is 11.5 Å². The summed E-state index contributed by atoms with van der Waals surface area (Å²) in [7, 11) is 1.50. The molecule has 19 heavy (non-hydrogen) atoms. The minimum atomic E-state index is -0.0609. The van der Waals surface area contributed by atoms with E-state index in [0.29, 0.717) is 12.2 Å². The number of aromatic hydroxyl groups is 1. The number of aliphatic hydroxyl groups excluding tert-OH is 2. The molecular formula is C15H16O4. The van der Waals surface area contributed by atoms with Crippen LogP contribution in [0.2, 0.25) is 0 Å². The summed E-state index contributed by atoms with van der Waals surface area (Å²) in [6.45, 7) is 0. The smallest absolute Gasteiger partial charge is 0.160 e. The molecule has 1 aromatic carbocycles. The number of phenolic OH excluding ortho intramolecular Hbond substituents is 1. The van der Waals surface area contributed by atoms with Crippen molar-refractivity contribution in [1.29, 1.82) is 0 Å². The van der Waals surface area contributed by atoms with Gasteiger partial charge in [-0.05, 0) is 23.8 Å². The monoisotopic (exact) mass is 260 g/mol. The third-order valence-electron chi connectivity index (χ3n) is 2.88. The van der Waals surface area contributed by atoms with Crippen LogP contribution in [0.3, 0.4) is 0 Å². The summed E-state index contributed by atoms with van der Waals surface area (Å²) in [4.78, 5) is 0. The second-order valence-electron chi connectivity index (χ2n) is 4.39. The number of methoxy groups -OCH3 is 1. The molecule has 3 N–H and O–H groups in total. The molecule has 0 saturated carbocycles. The predicted molar refractivity (Wildman–Crippen MR) is 73.2 cm³/mol. The Morgan fingerprint density at radius 1 is 1.26 bits per heavy atom. The Morgan fingerprint density at radius 2 is 2.05 bits per heavy atom. The molecule has 1 aliphatic carbocycles. The van der Waals surface area contributed by atoms with E-state index in [-0.39, 0.29) is 23.2 Å². The lowest BCUT2D eigenvalue weighted by atomic mass is 9.97. The normalized spacial score (nSPS) is 19.1. The molecule has 100 valence electrons. The van der Waals surface area contributed by atoms with E-state index in [1.165, 1.54) is 13.2 Å². The molecular weight excluding hydrogens is 244 g/mol. The SMILES string of the molecule is COc1ccc(C=CC2C=C(O)C=C(O)C2)cc1O. The number of rotatable bonds is 3. The minimum absolute atomic E-state index is 0.0609. The van der Waals surface area contributed by atoms with Crippen LogP contribution < -0.4 is 4.74 Å². The van der Waals surface area contributed by atoms with E-state index in [9.17, 15) is 15.3 Å². The maximum absolute atomic E-state index is 9.65. The van der Waals surface area contributed by atoms with Crippen LogP contribution in [-0.4, -0.2) is 22.4 Å². The fraction of sp³-hybridized carbons (Fsp3) is 0.200. The molecule has 1 atom stereocenters. The Labute approximate surface area is 111 Å². The lowest BCUT2D eigenvalue weighted by molar-refractivity contribution is 0.351. The summed E-state index contributed by atoms with van der Waals surface area (Å²) >= 11 is 0. The number of aliphatic hydroxyl groups is 2. The summed E-state index contributed by atoms with van der Waals surface area (Å²) in [6.07, 6.45) is 7.15. The van der Waals surface area contributed by atoms with Crippen molar-refractivity contribution in [2.45, 2.75) is 6.42 Å². The van der Waals surface area contributed by atoms with Crippen LogP contribution in [0, 0.1) is 5.92 Å². The average Bonchev–Trinajstić information content (AvgIpc) is 2.35. The molecule has 1 aromatic rings. The van der Waals surface area contributed by atoms with Crippen LogP contribution in [0.15, 0.2) is 47.9 Å². The van der Waals surface area contributed by atoms with Crippen molar-refractivity contribution < 1.29 is 20.1 Å². The average molecular weight is 260 g/mol. The third-order valence-corrected chi connectivity index (χ3v) is 2.88. The van der Waals surface area contributed by atoms with E-state index in [0.717, 1.165) is 5.56 Å². The quantitative estimate of drug-likeness (QED) is 0.779. The highest BCUT2D eigenvalue weighted by Crippen LogP contribution is 2.27. The highest BCUT2D eigenvalue weighted by Gasteiger charge is 2.11. The maximum atomic E-state index is 9.65. The van der Waals surface area contributed by atoms with Crippen molar-refractivity contribution in [3.8, 4) is 11.5 Å². The van der Waals surface area contributed by atoms with Gasteiger partial charge in [-0.3, -0.25) is 0 Å². The predicted octanol–water partition coefficient (Wildman–Crippen LogP) is 3.32. The van der Waals surface area contributed by atoms with E-state index in [2.05, 4.69) is 0 Å². The molecule has 0 bridgehead atoms. The van der Waals surface area contributed by atoms with Gasteiger partial charge < -0.3 is 20.1 Å². The number of hydrogen-bond acceptors (Lipinski definition) is 4. The molecule has 0 amide bonds. The highest BCUT2D eigenvalue weighted by atomic mass is 16.5. The number of benzene rings is 1. The molecule has 0 spiro atoms. The van der Waals surface area contributed by atoms with E-state index in [4.69, 9.17) is 4.74 Å². The fourth-order valence-corrected chi connectivity index (χ4v) is 1.97. The van der Waals surface area contributed by atoms with Crippen LogP contribution in [0.4, 0.5) is 0 Å². The number of ether oxygens (including phenoxy) is 1. The lowest BCUT2D eigenvalue weighted by Gasteiger charge is -2.12. The Balaban J connectivity index is 2.11. The first kappa shape index (κ1) is 13.1. The van der Waals surface area contributed by atoms with Crippen LogP contribution in [0.5, 0.6) is 11.5 Å². The second kappa shape index (κ2) is 5.52. The summed E-state index contributed by atoms with van der Waals surface area (Å²) < 4.78 is 4.97. The van der Waals surface area contributed by atoms with Crippen molar-refractivity contribution in [1.82, 2.24) is 0 Å². The summed E-state index contributed by atoms with van der Waals surface area (Å²) in [5.41, 5.74) is 0.820. The Morgan fingerprint density at radius 3 is 2.68 bits per heavy atom. The lowest BCUT2D eigenvalue weighted by Crippen LogP contribution is -2.01. The zero-order chi connectivity index (χ0) is 13.8. The van der Waals surface area contributed by atoms with Crippen molar-refractivity contribution in [3.05, 3.63) is 53.5 Å². The van der Waals surface area contributed by atoms with E-state index in [1.807, 2.05) is 18.2 Å². The Bertz CT molecular complexity index is 555. The van der Waals surface area contributed by atoms with Gasteiger partial charge in [0.1, 0.15) is 5.76 Å². The molecule has 0 fully saturated rings. The van der Waals surface area contributed by atoms with E-state index < -0.39 is 0 Å². The first-order valence-electron chi connectivity index (χ1n) is 5.94. The number of hydrogen-bond donors (Lipinski definition) is 3. The first-order chi connectivity index (χ1) is 9.08. The molecule has 1 unspecified atom stereocenters. The zero-order valence-electron chi connectivity index (χ0n) is 10.6. The van der Waals surface area contributed by atoms with Crippen LogP contribution >= 0.6 is 0 Å². The van der Waals surface area contributed by atoms with E-state index >= 15 is 0 Å². The largest absolute Gasteiger partial charge is 0.512 e. The molecule has 0 aromatic heterocycles. The van der Waals surface area contributed by atoms with Crippen molar-refractivity contribution in [2.24, 2.45) is 5.92 Å². The number of allylic oxidation sites excluding steroid dienone is 4. The first-order valence-corrected chi connectivity index (χ1v) is 5.94. The zero-order valence-corrected chi connectivity index (χ0v) is 10.6. The molecule has 0 aliphatic heterocycles. The molecule has 1 aliphatic rings. The third kappa shape index (κ3) is 3.31. The summed E-state index contributed by atoms with van der Waals surface area (Å²) in [6, 6.07) is 5.09. The number of phenols is 1. The fourth-order valence-electron chi connectivity index (χ4n) is 1.97. The molecule has 4 nitrogen and oxygen atoms in total. The van der Waals surface area contributed by atoms with Crippen LogP contribution in [0.1, 0.15) is 12.0 Å². The summed E-state index contributed by atoms with van der Waals surface area (Å²) in [5.74, 6) is 0.666. The van der Waals surface area contributed by atoms with Gasteiger partial charge in [0.25, 0.3) is 0 Å². The van der Waals surface area contributed by atoms with Gasteiger partial charge >= 0.3 is 0 Å². The molecule has 0 heterocycles. The molecule has 4 heteroatoms. The van der Waals surface area contributed by atoms with Gasteiger partial charge in [0.05, 0.1) is 12.9 Å². The van der Waals surface area contributed by atoms with Crippen molar-refractivity contribution in [3.63, 3.8) is 0 Å². The van der Waals surface area contributed by atoms with Gasteiger partial charge in [-0.1, -0.05) is 18.2 Å². The van der Waals surface area contributed by atoms with Crippen LogP contribution in [-0.2, 0) is 0 Å².